The van der Waals surface area contributed by atoms with Gasteiger partial charge >= 0.3 is 0 Å². The smallest absolute Gasteiger partial charge is 0.131 e. The van der Waals surface area contributed by atoms with Crippen molar-refractivity contribution in [2.75, 3.05) is 0 Å². The summed E-state index contributed by atoms with van der Waals surface area (Å²) in [6.45, 7) is 15.5. The summed E-state index contributed by atoms with van der Waals surface area (Å²) in [4.78, 5) is 0. The van der Waals surface area contributed by atoms with Crippen LogP contribution in [0.2, 0.25) is 0 Å². The lowest BCUT2D eigenvalue weighted by atomic mass is 9.86. The summed E-state index contributed by atoms with van der Waals surface area (Å²) in [5.41, 5.74) is 6.66. The van der Waals surface area contributed by atoms with E-state index in [1.165, 1.54) is 32.9 Å². The fourth-order valence-electron chi connectivity index (χ4n) is 3.58. The first kappa shape index (κ1) is 22.8. The molecular weight excluding hydrogens is 483 g/mol. The highest BCUT2D eigenvalue weighted by atomic mass is 127. The number of fused-ring (bicyclic) bond motifs is 2. The molecule has 0 aliphatic carbocycles. The molecule has 0 unspecified atom stereocenters. The van der Waals surface area contributed by atoms with Gasteiger partial charge in [0.1, 0.15) is 3.70 Å². The molecule has 0 atom stereocenters. The number of benzene rings is 2. The van der Waals surface area contributed by atoms with Crippen molar-refractivity contribution >= 4 is 44.4 Å². The minimum Gasteiger partial charge on any atom is -0.268 e. The molecule has 4 aromatic rings. The molecule has 2 heterocycles. The Morgan fingerprint density at radius 2 is 1.13 bits per heavy atom. The fourth-order valence-corrected chi connectivity index (χ4v) is 4.36. The Labute approximate surface area is 193 Å². The summed E-state index contributed by atoms with van der Waals surface area (Å²) < 4.78 is 4.98. The monoisotopic (exact) mass is 516 g/mol. The standard InChI is InChI=1S/C13H18N2.C12H15IN2/c1-9-11-7-6-10(13(2,3)4)8-12(11)15(5)14-9;1-12(2,3)8-5-6-9-10(7-8)15(4)14-11(9)13/h6-8H,1-5H3;5-7H,1-4H3. The van der Waals surface area contributed by atoms with E-state index in [9.17, 15) is 0 Å². The van der Waals surface area contributed by atoms with Gasteiger partial charge < -0.3 is 0 Å². The Morgan fingerprint density at radius 3 is 1.63 bits per heavy atom. The first-order valence-electron chi connectivity index (χ1n) is 10.4. The van der Waals surface area contributed by atoms with Gasteiger partial charge in [0.05, 0.1) is 16.7 Å². The zero-order valence-electron chi connectivity index (χ0n) is 19.6. The van der Waals surface area contributed by atoms with Gasteiger partial charge in [0.2, 0.25) is 0 Å². The van der Waals surface area contributed by atoms with Crippen LogP contribution in [0.5, 0.6) is 0 Å². The van der Waals surface area contributed by atoms with Crippen LogP contribution in [0, 0.1) is 10.6 Å². The molecule has 4 rings (SSSR count). The van der Waals surface area contributed by atoms with Gasteiger partial charge in [-0.15, -0.1) is 0 Å². The van der Waals surface area contributed by atoms with Gasteiger partial charge in [-0.2, -0.15) is 10.2 Å². The van der Waals surface area contributed by atoms with Crippen molar-refractivity contribution in [3.63, 3.8) is 0 Å². The van der Waals surface area contributed by atoms with Crippen LogP contribution in [0.3, 0.4) is 0 Å². The van der Waals surface area contributed by atoms with E-state index in [1.807, 2.05) is 23.5 Å². The second kappa shape index (κ2) is 7.98. The van der Waals surface area contributed by atoms with E-state index < -0.39 is 0 Å². The van der Waals surface area contributed by atoms with E-state index in [0.29, 0.717) is 0 Å². The molecule has 2 aromatic heterocycles. The average molecular weight is 516 g/mol. The van der Waals surface area contributed by atoms with Crippen LogP contribution in [0.15, 0.2) is 36.4 Å². The van der Waals surface area contributed by atoms with Gasteiger partial charge in [-0.05, 0) is 69.7 Å². The Hall–Kier alpha value is -1.89. The van der Waals surface area contributed by atoms with Crippen molar-refractivity contribution in [3.05, 3.63) is 56.9 Å². The van der Waals surface area contributed by atoms with E-state index in [4.69, 9.17) is 0 Å². The van der Waals surface area contributed by atoms with Crippen LogP contribution in [0.4, 0.5) is 0 Å². The third-order valence-electron chi connectivity index (χ3n) is 5.57. The van der Waals surface area contributed by atoms with Gasteiger partial charge in [0, 0.05) is 24.9 Å². The molecule has 30 heavy (non-hydrogen) atoms. The molecule has 0 amide bonds. The van der Waals surface area contributed by atoms with Crippen molar-refractivity contribution in [2.45, 2.75) is 59.3 Å². The Morgan fingerprint density at radius 1 is 0.700 bits per heavy atom. The summed E-state index contributed by atoms with van der Waals surface area (Å²) in [7, 11) is 4.00. The fraction of sp³-hybridized carbons (Fsp3) is 0.440. The molecule has 0 aliphatic rings. The summed E-state index contributed by atoms with van der Waals surface area (Å²) >= 11 is 2.28. The molecular formula is C25H33IN4. The van der Waals surface area contributed by atoms with Gasteiger partial charge in [-0.1, -0.05) is 59.7 Å². The topological polar surface area (TPSA) is 35.6 Å². The van der Waals surface area contributed by atoms with Crippen LogP contribution in [-0.4, -0.2) is 19.6 Å². The molecule has 160 valence electrons. The Kier molecular flexibility index (Phi) is 6.07. The minimum absolute atomic E-state index is 0.198. The minimum atomic E-state index is 0.198. The summed E-state index contributed by atoms with van der Waals surface area (Å²) in [5, 5.41) is 11.3. The molecule has 4 nitrogen and oxygen atoms in total. The highest BCUT2D eigenvalue weighted by Gasteiger charge is 2.16. The SMILES string of the molecule is Cc1nn(C)c2cc(C(C)(C)C)ccc12.Cn1nc(I)c2ccc(C(C)(C)C)cc21. The first-order chi connectivity index (χ1) is 13.8. The number of aryl methyl sites for hydroxylation is 3. The molecule has 0 saturated carbocycles. The van der Waals surface area contributed by atoms with Crippen molar-refractivity contribution in [1.82, 2.24) is 19.6 Å². The average Bonchev–Trinajstić information content (AvgIpc) is 3.09. The summed E-state index contributed by atoms with van der Waals surface area (Å²) in [6.07, 6.45) is 0. The third kappa shape index (κ3) is 4.56. The molecule has 5 heteroatoms. The molecule has 2 aromatic carbocycles. The molecule has 0 bridgehead atoms. The predicted octanol–water partition coefficient (Wildman–Crippen LogP) is 6.65. The van der Waals surface area contributed by atoms with E-state index >= 15 is 0 Å². The van der Waals surface area contributed by atoms with Crippen LogP contribution < -0.4 is 0 Å². The zero-order valence-corrected chi connectivity index (χ0v) is 21.8. The van der Waals surface area contributed by atoms with E-state index in [-0.39, 0.29) is 10.8 Å². The molecule has 0 aliphatic heterocycles. The van der Waals surface area contributed by atoms with Crippen molar-refractivity contribution in [3.8, 4) is 0 Å². The number of halogens is 1. The number of hydrogen-bond donors (Lipinski definition) is 0. The lowest BCUT2D eigenvalue weighted by molar-refractivity contribution is 0.590. The highest BCUT2D eigenvalue weighted by Crippen LogP contribution is 2.28. The van der Waals surface area contributed by atoms with Crippen LogP contribution in [-0.2, 0) is 24.9 Å². The van der Waals surface area contributed by atoms with E-state index in [0.717, 1.165) is 9.39 Å². The normalized spacial score (nSPS) is 12.3. The number of nitrogens with zero attached hydrogens (tertiary/aromatic N) is 4. The molecule has 0 N–H and O–H groups in total. The maximum Gasteiger partial charge on any atom is 0.131 e. The van der Waals surface area contributed by atoms with Crippen LogP contribution in [0.1, 0.15) is 58.4 Å². The first-order valence-corrected chi connectivity index (χ1v) is 11.4. The van der Waals surface area contributed by atoms with Crippen LogP contribution >= 0.6 is 22.6 Å². The zero-order chi connectivity index (χ0) is 22.4. The van der Waals surface area contributed by atoms with E-state index in [1.54, 1.807) is 0 Å². The molecule has 0 fully saturated rings. The third-order valence-corrected chi connectivity index (χ3v) is 6.37. The van der Waals surface area contributed by atoms with Gasteiger partial charge in [-0.3, -0.25) is 9.36 Å². The second-order valence-electron chi connectivity index (χ2n) is 10.1. The number of aromatic nitrogens is 4. The maximum absolute atomic E-state index is 4.43. The lowest BCUT2D eigenvalue weighted by Crippen LogP contribution is -2.10. The molecule has 0 saturated heterocycles. The number of rotatable bonds is 0. The van der Waals surface area contributed by atoms with Gasteiger partial charge in [-0.25, -0.2) is 0 Å². The van der Waals surface area contributed by atoms with E-state index in [2.05, 4.69) is 118 Å². The van der Waals surface area contributed by atoms with Crippen molar-refractivity contribution in [1.29, 1.82) is 0 Å². The number of hydrogen-bond acceptors (Lipinski definition) is 2. The summed E-state index contributed by atoms with van der Waals surface area (Å²) in [6, 6.07) is 13.2. The van der Waals surface area contributed by atoms with Crippen LogP contribution in [0.25, 0.3) is 21.8 Å². The van der Waals surface area contributed by atoms with Gasteiger partial charge in [0.15, 0.2) is 0 Å². The Bertz CT molecular complexity index is 1100. The highest BCUT2D eigenvalue weighted by molar-refractivity contribution is 14.1. The lowest BCUT2D eigenvalue weighted by Gasteiger charge is -2.18. The van der Waals surface area contributed by atoms with Crippen molar-refractivity contribution < 1.29 is 0 Å². The predicted molar refractivity (Wildman–Crippen MR) is 136 cm³/mol. The largest absolute Gasteiger partial charge is 0.268 e. The second-order valence-corrected chi connectivity index (χ2v) is 11.1. The molecule has 0 spiro atoms. The molecule has 0 radical (unpaired) electrons. The van der Waals surface area contributed by atoms with Crippen molar-refractivity contribution in [2.24, 2.45) is 14.1 Å². The van der Waals surface area contributed by atoms with Gasteiger partial charge in [0.25, 0.3) is 0 Å². The Balaban J connectivity index is 0.000000171. The maximum atomic E-state index is 4.43. The summed E-state index contributed by atoms with van der Waals surface area (Å²) in [5.74, 6) is 0. The quantitative estimate of drug-likeness (QED) is 0.245.